The average molecular weight is 457 g/mol. The van der Waals surface area contributed by atoms with Gasteiger partial charge in [0, 0.05) is 36.4 Å². The Morgan fingerprint density at radius 3 is 2.27 bits per heavy atom. The third kappa shape index (κ3) is 4.86. The zero-order valence-electron chi connectivity index (χ0n) is 17.1. The van der Waals surface area contributed by atoms with Gasteiger partial charge in [-0.05, 0) is 17.7 Å². The summed E-state index contributed by atoms with van der Waals surface area (Å²) in [4.78, 5) is 47.6. The summed E-state index contributed by atoms with van der Waals surface area (Å²) in [7, 11) is 0. The second kappa shape index (κ2) is 9.97. The van der Waals surface area contributed by atoms with E-state index in [1.165, 1.54) is 42.5 Å². The lowest BCUT2D eigenvalue weighted by Crippen LogP contribution is -2.33. The van der Waals surface area contributed by atoms with Gasteiger partial charge in [-0.2, -0.15) is 0 Å². The number of carbonyl (C=O) groups is 2. The van der Waals surface area contributed by atoms with Gasteiger partial charge in [0.25, 0.3) is 23.1 Å². The van der Waals surface area contributed by atoms with Crippen molar-refractivity contribution in [3.05, 3.63) is 85.5 Å². The third-order valence-corrected chi connectivity index (χ3v) is 5.00. The van der Waals surface area contributed by atoms with Crippen LogP contribution in [0.25, 0.3) is 5.76 Å². The SMILES string of the molecule is O=C1C(=O)N(CCOCCO)[C@H](c2ccc([N+](=O)[O-])cc2)/C1=C(\O)c1cccc([N+](=O)[O-])c1. The van der Waals surface area contributed by atoms with Crippen molar-refractivity contribution in [2.45, 2.75) is 6.04 Å². The first-order valence-electron chi connectivity index (χ1n) is 9.72. The van der Waals surface area contributed by atoms with Crippen molar-refractivity contribution in [3.63, 3.8) is 0 Å². The monoisotopic (exact) mass is 457 g/mol. The zero-order chi connectivity index (χ0) is 24.1. The van der Waals surface area contributed by atoms with Crippen molar-refractivity contribution < 1.29 is 34.4 Å². The topological polar surface area (TPSA) is 173 Å². The number of hydrogen-bond donors (Lipinski definition) is 2. The molecule has 0 spiro atoms. The number of Topliss-reactive ketones (excluding diaryl/α,β-unsaturated/α-hetero) is 1. The number of ketones is 1. The maximum atomic E-state index is 12.9. The summed E-state index contributed by atoms with van der Waals surface area (Å²) in [6.45, 7) is -0.316. The lowest BCUT2D eigenvalue weighted by molar-refractivity contribution is -0.385. The quantitative estimate of drug-likeness (QED) is 0.142. The molecule has 0 radical (unpaired) electrons. The van der Waals surface area contributed by atoms with E-state index in [0.717, 1.165) is 11.0 Å². The molecule has 0 aromatic heterocycles. The molecule has 2 aromatic rings. The molecule has 1 atom stereocenters. The van der Waals surface area contributed by atoms with E-state index in [2.05, 4.69) is 0 Å². The van der Waals surface area contributed by atoms with Crippen LogP contribution in [0.3, 0.4) is 0 Å². The highest BCUT2D eigenvalue weighted by molar-refractivity contribution is 6.46. The Labute approximate surface area is 186 Å². The van der Waals surface area contributed by atoms with Crippen LogP contribution in [-0.2, 0) is 14.3 Å². The highest BCUT2D eigenvalue weighted by Crippen LogP contribution is 2.40. The first kappa shape index (κ1) is 23.5. The number of ether oxygens (including phenoxy) is 1. The van der Waals surface area contributed by atoms with E-state index in [9.17, 15) is 34.9 Å². The van der Waals surface area contributed by atoms with Gasteiger partial charge in [0.1, 0.15) is 5.76 Å². The predicted molar refractivity (Wildman–Crippen MR) is 113 cm³/mol. The van der Waals surface area contributed by atoms with Crippen LogP contribution in [0, 0.1) is 20.2 Å². The normalized spacial score (nSPS) is 17.4. The fourth-order valence-electron chi connectivity index (χ4n) is 3.49. The summed E-state index contributed by atoms with van der Waals surface area (Å²) in [6.07, 6.45) is 0. The van der Waals surface area contributed by atoms with Crippen molar-refractivity contribution in [3.8, 4) is 0 Å². The lowest BCUT2D eigenvalue weighted by atomic mass is 9.95. The largest absolute Gasteiger partial charge is 0.507 e. The molecule has 1 aliphatic rings. The molecular weight excluding hydrogens is 438 g/mol. The first-order chi connectivity index (χ1) is 15.8. The number of nitro groups is 2. The Morgan fingerprint density at radius 2 is 1.67 bits per heavy atom. The van der Waals surface area contributed by atoms with E-state index in [0.29, 0.717) is 5.56 Å². The van der Waals surface area contributed by atoms with Crippen molar-refractivity contribution in [2.24, 2.45) is 0 Å². The van der Waals surface area contributed by atoms with E-state index < -0.39 is 33.3 Å². The van der Waals surface area contributed by atoms with Crippen molar-refractivity contribution in [1.82, 2.24) is 4.90 Å². The Kier molecular flexibility index (Phi) is 7.10. The molecule has 3 rings (SSSR count). The van der Waals surface area contributed by atoms with Crippen molar-refractivity contribution >= 4 is 28.8 Å². The fourth-order valence-corrected chi connectivity index (χ4v) is 3.49. The van der Waals surface area contributed by atoms with Gasteiger partial charge in [-0.3, -0.25) is 29.8 Å². The maximum Gasteiger partial charge on any atom is 0.295 e. The average Bonchev–Trinajstić information content (AvgIpc) is 3.06. The van der Waals surface area contributed by atoms with E-state index >= 15 is 0 Å². The molecule has 0 unspecified atom stereocenters. The molecule has 1 amide bonds. The number of likely N-dealkylation sites (tertiary alicyclic amines) is 1. The Morgan fingerprint density at radius 1 is 1.00 bits per heavy atom. The van der Waals surface area contributed by atoms with Crippen LogP contribution in [0.4, 0.5) is 11.4 Å². The molecule has 2 aromatic carbocycles. The van der Waals surface area contributed by atoms with E-state index in [1.54, 1.807) is 0 Å². The molecule has 1 aliphatic heterocycles. The third-order valence-electron chi connectivity index (χ3n) is 5.00. The summed E-state index contributed by atoms with van der Waals surface area (Å²) in [5, 5.41) is 41.9. The molecule has 2 N–H and O–H groups in total. The Hall–Kier alpha value is -4.16. The van der Waals surface area contributed by atoms with Gasteiger partial charge in [0.2, 0.25) is 0 Å². The van der Waals surface area contributed by atoms with Crippen molar-refractivity contribution in [2.75, 3.05) is 26.4 Å². The van der Waals surface area contributed by atoms with Gasteiger partial charge in [-0.1, -0.05) is 12.1 Å². The van der Waals surface area contributed by atoms with E-state index in [-0.39, 0.29) is 48.9 Å². The molecule has 0 saturated carbocycles. The standard InChI is InChI=1S/C21H19N3O9/c25-9-11-33-10-8-22-18(13-4-6-15(7-5-13)23(29)30)17(20(27)21(22)28)19(26)14-2-1-3-16(12-14)24(31)32/h1-7,12,18,25-26H,8-11H2/b19-17+/t18-/m1/s1. The Balaban J connectivity index is 2.10. The molecule has 172 valence electrons. The van der Waals surface area contributed by atoms with Crippen LogP contribution in [-0.4, -0.2) is 63.0 Å². The van der Waals surface area contributed by atoms with Crippen LogP contribution in [0.2, 0.25) is 0 Å². The molecule has 12 heteroatoms. The smallest absolute Gasteiger partial charge is 0.295 e. The highest BCUT2D eigenvalue weighted by Gasteiger charge is 2.46. The predicted octanol–water partition coefficient (Wildman–Crippen LogP) is 1.93. The molecule has 12 nitrogen and oxygen atoms in total. The zero-order valence-corrected chi connectivity index (χ0v) is 17.1. The molecule has 1 saturated heterocycles. The van der Waals surface area contributed by atoms with Gasteiger partial charge >= 0.3 is 0 Å². The number of nitro benzene ring substituents is 2. The number of carbonyl (C=O) groups excluding carboxylic acids is 2. The maximum absolute atomic E-state index is 12.9. The molecular formula is C21H19N3O9. The van der Waals surface area contributed by atoms with Crippen LogP contribution < -0.4 is 0 Å². The number of nitrogens with zero attached hydrogens (tertiary/aromatic N) is 3. The lowest BCUT2D eigenvalue weighted by Gasteiger charge is -2.25. The minimum absolute atomic E-state index is 0.0137. The summed E-state index contributed by atoms with van der Waals surface area (Å²) >= 11 is 0. The van der Waals surface area contributed by atoms with Crippen LogP contribution in [0.1, 0.15) is 17.2 Å². The second-order valence-corrected chi connectivity index (χ2v) is 6.98. The Bertz CT molecular complexity index is 1130. The number of rotatable bonds is 9. The number of aliphatic hydroxyl groups excluding tert-OH is 2. The summed E-state index contributed by atoms with van der Waals surface area (Å²) < 4.78 is 5.19. The summed E-state index contributed by atoms with van der Waals surface area (Å²) in [6, 6.07) is 8.97. The number of amides is 1. The van der Waals surface area contributed by atoms with Gasteiger partial charge in [-0.15, -0.1) is 0 Å². The van der Waals surface area contributed by atoms with Crippen molar-refractivity contribution in [1.29, 1.82) is 0 Å². The van der Waals surface area contributed by atoms with Gasteiger partial charge in [0.15, 0.2) is 0 Å². The minimum Gasteiger partial charge on any atom is -0.507 e. The second-order valence-electron chi connectivity index (χ2n) is 6.98. The summed E-state index contributed by atoms with van der Waals surface area (Å²) in [5.41, 5.74) is -0.561. The molecule has 0 bridgehead atoms. The van der Waals surface area contributed by atoms with E-state index in [1.807, 2.05) is 0 Å². The number of benzene rings is 2. The van der Waals surface area contributed by atoms with Gasteiger partial charge < -0.3 is 19.8 Å². The molecule has 1 heterocycles. The number of aliphatic hydroxyl groups is 2. The highest BCUT2D eigenvalue weighted by atomic mass is 16.6. The van der Waals surface area contributed by atoms with Crippen LogP contribution >= 0.6 is 0 Å². The number of non-ortho nitro benzene ring substituents is 2. The van der Waals surface area contributed by atoms with Gasteiger partial charge in [-0.25, -0.2) is 0 Å². The van der Waals surface area contributed by atoms with Crippen LogP contribution in [0.5, 0.6) is 0 Å². The first-order valence-corrected chi connectivity index (χ1v) is 9.72. The number of hydrogen-bond acceptors (Lipinski definition) is 9. The van der Waals surface area contributed by atoms with E-state index in [4.69, 9.17) is 9.84 Å². The molecule has 33 heavy (non-hydrogen) atoms. The minimum atomic E-state index is -1.11. The molecule has 0 aliphatic carbocycles. The van der Waals surface area contributed by atoms with Crippen LogP contribution in [0.15, 0.2) is 54.1 Å². The summed E-state index contributed by atoms with van der Waals surface area (Å²) in [5.74, 6) is -2.55. The molecule has 1 fully saturated rings. The fraction of sp³-hybridized carbons (Fsp3) is 0.238. The van der Waals surface area contributed by atoms with Gasteiger partial charge in [0.05, 0.1) is 41.3 Å².